The van der Waals surface area contributed by atoms with Crippen molar-refractivity contribution in [2.75, 3.05) is 32.1 Å². The average molecular weight is 399 g/mol. The molecular weight excluding hydrogens is 378 g/mol. The van der Waals surface area contributed by atoms with Crippen LogP contribution >= 0.6 is 12.4 Å². The van der Waals surface area contributed by atoms with Gasteiger partial charge in [0, 0.05) is 12.8 Å². The maximum absolute atomic E-state index is 12.7. The number of carbonyl (C=O) groups excluding carboxylic acids is 1. The summed E-state index contributed by atoms with van der Waals surface area (Å²) in [5.41, 5.74) is -0.562. The molecule has 0 unspecified atom stereocenters. The molecule has 25 heavy (non-hydrogen) atoms. The zero-order valence-electron chi connectivity index (χ0n) is 13.6. The summed E-state index contributed by atoms with van der Waals surface area (Å²) in [5.74, 6) is -3.81. The third kappa shape index (κ3) is 4.87. The first-order valence-electron chi connectivity index (χ1n) is 7.45. The van der Waals surface area contributed by atoms with E-state index in [0.29, 0.717) is 25.9 Å². The normalized spacial score (nSPS) is 17.0. The molecule has 0 radical (unpaired) electrons. The van der Waals surface area contributed by atoms with Gasteiger partial charge in [-0.2, -0.15) is 8.78 Å². The van der Waals surface area contributed by atoms with E-state index in [-0.39, 0.29) is 30.6 Å². The molecule has 142 valence electrons. The van der Waals surface area contributed by atoms with Gasteiger partial charge in [0.2, 0.25) is 15.7 Å². The molecule has 1 aromatic rings. The number of sulfone groups is 1. The summed E-state index contributed by atoms with van der Waals surface area (Å²) in [4.78, 5) is 12.1. The fourth-order valence-electron chi connectivity index (χ4n) is 2.74. The first-order chi connectivity index (χ1) is 11.3. The largest absolute Gasteiger partial charge is 0.384 e. The Bertz CT molecular complexity index is 689. The van der Waals surface area contributed by atoms with Gasteiger partial charge >= 0.3 is 5.76 Å². The Morgan fingerprint density at radius 1 is 1.36 bits per heavy atom. The van der Waals surface area contributed by atoms with E-state index in [1.54, 1.807) is 0 Å². The lowest BCUT2D eigenvalue weighted by Gasteiger charge is -2.35. The molecule has 2 rings (SSSR count). The van der Waals surface area contributed by atoms with Crippen molar-refractivity contribution in [3.05, 3.63) is 24.3 Å². The maximum atomic E-state index is 12.7. The summed E-state index contributed by atoms with van der Waals surface area (Å²) in [6.45, 7) is 1.56. The molecule has 1 aliphatic rings. The molecule has 2 N–H and O–H groups in total. The molecule has 0 atom stereocenters. The van der Waals surface area contributed by atoms with Crippen molar-refractivity contribution < 1.29 is 26.7 Å². The van der Waals surface area contributed by atoms with Crippen LogP contribution in [0.1, 0.15) is 12.8 Å². The number of amides is 1. The summed E-state index contributed by atoms with van der Waals surface area (Å²) >= 11 is 0. The number of ether oxygens (including phenoxy) is 1. The summed E-state index contributed by atoms with van der Waals surface area (Å²) < 4.78 is 53.6. The van der Waals surface area contributed by atoms with Crippen LogP contribution in [0.2, 0.25) is 0 Å². The summed E-state index contributed by atoms with van der Waals surface area (Å²) in [5, 5.41) is 5.79. The van der Waals surface area contributed by atoms with E-state index >= 15 is 0 Å². The number of anilines is 1. The Balaban J connectivity index is 0.00000312. The first-order valence-corrected chi connectivity index (χ1v) is 9.00. The van der Waals surface area contributed by atoms with Gasteiger partial charge in [0.15, 0.2) is 0 Å². The monoisotopic (exact) mass is 398 g/mol. The van der Waals surface area contributed by atoms with Crippen molar-refractivity contribution >= 4 is 33.8 Å². The summed E-state index contributed by atoms with van der Waals surface area (Å²) in [7, 11) is -3.20. The molecule has 0 bridgehead atoms. The number of hydrogen-bond acceptors (Lipinski definition) is 5. The second-order valence-electron chi connectivity index (χ2n) is 5.75. The van der Waals surface area contributed by atoms with Crippen LogP contribution in [-0.4, -0.2) is 46.9 Å². The number of hydrogen-bond donors (Lipinski definition) is 2. The number of alkyl halides is 2. The van der Waals surface area contributed by atoms with Gasteiger partial charge in [-0.25, -0.2) is 8.42 Å². The predicted molar refractivity (Wildman–Crippen MR) is 91.9 cm³/mol. The van der Waals surface area contributed by atoms with E-state index in [1.807, 2.05) is 0 Å². The van der Waals surface area contributed by atoms with E-state index in [0.717, 1.165) is 12.1 Å². The molecule has 10 heteroatoms. The Labute approximate surface area is 151 Å². The molecular formula is C15H21ClF2N2O4S. The molecule has 1 amide bonds. The smallest absolute Gasteiger partial charge is 0.341 e. The minimum Gasteiger partial charge on any atom is -0.384 e. The van der Waals surface area contributed by atoms with Crippen LogP contribution in [-0.2, 0) is 19.4 Å². The Morgan fingerprint density at radius 3 is 2.56 bits per heavy atom. The number of halogens is 3. The highest BCUT2D eigenvalue weighted by Crippen LogP contribution is 2.31. The van der Waals surface area contributed by atoms with Gasteiger partial charge in [0.05, 0.1) is 16.9 Å². The zero-order valence-corrected chi connectivity index (χ0v) is 15.3. The number of methoxy groups -OCH3 is 1. The van der Waals surface area contributed by atoms with Crippen molar-refractivity contribution in [1.29, 1.82) is 0 Å². The molecule has 0 aliphatic carbocycles. The summed E-state index contributed by atoms with van der Waals surface area (Å²) in [6.07, 6.45) is 1.14. The SMILES string of the molecule is COCC1(C(=O)Nc2cccc(S(=O)(=O)C(F)F)c2)CCNCC1.Cl. The van der Waals surface area contributed by atoms with Gasteiger partial charge in [-0.1, -0.05) is 6.07 Å². The second-order valence-corrected chi connectivity index (χ2v) is 7.67. The number of piperidine rings is 1. The van der Waals surface area contributed by atoms with Gasteiger partial charge in [0.1, 0.15) is 0 Å². The average Bonchev–Trinajstić information content (AvgIpc) is 2.56. The molecule has 1 aromatic carbocycles. The maximum Gasteiger partial charge on any atom is 0.341 e. The van der Waals surface area contributed by atoms with Crippen LogP contribution < -0.4 is 10.6 Å². The number of carbonyl (C=O) groups is 1. The molecule has 0 saturated carbocycles. The molecule has 0 aromatic heterocycles. The lowest BCUT2D eigenvalue weighted by atomic mass is 9.78. The number of benzene rings is 1. The Hall–Kier alpha value is -1.29. The molecule has 1 fully saturated rings. The molecule has 1 heterocycles. The third-order valence-electron chi connectivity index (χ3n) is 4.12. The second kappa shape index (κ2) is 8.88. The van der Waals surface area contributed by atoms with Crippen LogP contribution in [0.25, 0.3) is 0 Å². The lowest BCUT2D eigenvalue weighted by molar-refractivity contribution is -0.130. The van der Waals surface area contributed by atoms with Crippen LogP contribution in [0, 0.1) is 5.41 Å². The first kappa shape index (κ1) is 21.8. The molecule has 0 spiro atoms. The van der Waals surface area contributed by atoms with Crippen LogP contribution in [0.5, 0.6) is 0 Å². The van der Waals surface area contributed by atoms with E-state index in [1.165, 1.54) is 19.2 Å². The van der Waals surface area contributed by atoms with Gasteiger partial charge in [-0.05, 0) is 44.1 Å². The molecule has 6 nitrogen and oxygen atoms in total. The lowest BCUT2D eigenvalue weighted by Crippen LogP contribution is -2.47. The number of rotatable bonds is 6. The highest BCUT2D eigenvalue weighted by atomic mass is 35.5. The van der Waals surface area contributed by atoms with Crippen molar-refractivity contribution in [2.45, 2.75) is 23.5 Å². The van der Waals surface area contributed by atoms with Crippen molar-refractivity contribution in [3.63, 3.8) is 0 Å². The van der Waals surface area contributed by atoms with Gasteiger partial charge in [-0.15, -0.1) is 12.4 Å². The minimum atomic E-state index is -4.70. The van der Waals surface area contributed by atoms with Gasteiger partial charge in [0.25, 0.3) is 0 Å². The molecule has 1 saturated heterocycles. The standard InChI is InChI=1S/C15H20F2N2O4S.ClH/c1-23-10-15(5-7-18-8-6-15)13(20)19-11-3-2-4-12(9-11)24(21,22)14(16)17;/h2-4,9,14,18H,5-8,10H2,1H3,(H,19,20);1H. The van der Waals surface area contributed by atoms with E-state index < -0.39 is 25.9 Å². The minimum absolute atomic E-state index is 0. The van der Waals surface area contributed by atoms with Crippen molar-refractivity contribution in [3.8, 4) is 0 Å². The van der Waals surface area contributed by atoms with Crippen LogP contribution in [0.4, 0.5) is 14.5 Å². The van der Waals surface area contributed by atoms with Gasteiger partial charge in [-0.3, -0.25) is 4.79 Å². The Kier molecular flexibility index (Phi) is 7.73. The van der Waals surface area contributed by atoms with Gasteiger partial charge < -0.3 is 15.4 Å². The van der Waals surface area contributed by atoms with Crippen LogP contribution in [0.3, 0.4) is 0 Å². The number of nitrogens with one attached hydrogen (secondary N) is 2. The fraction of sp³-hybridized carbons (Fsp3) is 0.533. The van der Waals surface area contributed by atoms with Crippen LogP contribution in [0.15, 0.2) is 29.2 Å². The van der Waals surface area contributed by atoms with Crippen molar-refractivity contribution in [1.82, 2.24) is 5.32 Å². The highest BCUT2D eigenvalue weighted by molar-refractivity contribution is 7.91. The molecule has 1 aliphatic heterocycles. The summed E-state index contributed by atoms with van der Waals surface area (Å²) in [6, 6.07) is 4.90. The van der Waals surface area contributed by atoms with E-state index in [2.05, 4.69) is 10.6 Å². The predicted octanol–water partition coefficient (Wildman–Crippen LogP) is 2.06. The third-order valence-corrected chi connectivity index (χ3v) is 5.50. The zero-order chi connectivity index (χ0) is 17.8. The van der Waals surface area contributed by atoms with E-state index in [9.17, 15) is 22.0 Å². The quantitative estimate of drug-likeness (QED) is 0.766. The van der Waals surface area contributed by atoms with Crippen molar-refractivity contribution in [2.24, 2.45) is 5.41 Å². The fourth-order valence-corrected chi connectivity index (χ4v) is 3.50. The topological polar surface area (TPSA) is 84.5 Å². The highest BCUT2D eigenvalue weighted by Gasteiger charge is 2.39. The van der Waals surface area contributed by atoms with E-state index in [4.69, 9.17) is 4.74 Å². The Morgan fingerprint density at radius 2 is 2.00 bits per heavy atom.